The Bertz CT molecular complexity index is 523. The molecule has 0 aromatic heterocycles. The highest BCUT2D eigenvalue weighted by Gasteiger charge is 2.65. The second kappa shape index (κ2) is 5.04. The topological polar surface area (TPSA) is 41.1 Å². The molecule has 3 fully saturated rings. The standard InChI is InChI=1S/C18H24N2O/c1-2-9-19-14-7-5-11(6-8-14)18(21)20-17-15-12-3-4-13(10-12)16(15)17/h5-8,12-13,15-17,19H,2-4,9-10H2,1H3,(H,20,21). The molecule has 2 N–H and O–H groups in total. The molecule has 1 amide bonds. The first kappa shape index (κ1) is 13.2. The van der Waals surface area contributed by atoms with Crippen molar-refractivity contribution in [2.24, 2.45) is 23.7 Å². The number of carbonyl (C=O) groups excluding carboxylic acids is 1. The normalized spacial score (nSPS) is 35.4. The second-order valence-corrected chi connectivity index (χ2v) is 6.99. The number of amides is 1. The maximum absolute atomic E-state index is 12.4. The van der Waals surface area contributed by atoms with Crippen LogP contribution in [0, 0.1) is 23.7 Å². The van der Waals surface area contributed by atoms with Crippen molar-refractivity contribution in [3.05, 3.63) is 29.8 Å². The molecule has 21 heavy (non-hydrogen) atoms. The number of hydrogen-bond acceptors (Lipinski definition) is 2. The Morgan fingerprint density at radius 1 is 1.14 bits per heavy atom. The Morgan fingerprint density at radius 2 is 1.81 bits per heavy atom. The van der Waals surface area contributed by atoms with E-state index in [0.717, 1.165) is 47.9 Å². The molecule has 4 rings (SSSR count). The van der Waals surface area contributed by atoms with Crippen molar-refractivity contribution >= 4 is 11.6 Å². The van der Waals surface area contributed by atoms with Crippen LogP contribution in [0.15, 0.2) is 24.3 Å². The molecule has 0 radical (unpaired) electrons. The molecule has 3 saturated carbocycles. The van der Waals surface area contributed by atoms with E-state index < -0.39 is 0 Å². The van der Waals surface area contributed by atoms with Gasteiger partial charge in [-0.2, -0.15) is 0 Å². The molecule has 1 aromatic rings. The van der Waals surface area contributed by atoms with Crippen LogP contribution < -0.4 is 10.6 Å². The summed E-state index contributed by atoms with van der Waals surface area (Å²) < 4.78 is 0. The lowest BCUT2D eigenvalue weighted by atomic mass is 10.0. The van der Waals surface area contributed by atoms with Gasteiger partial charge >= 0.3 is 0 Å². The lowest BCUT2D eigenvalue weighted by molar-refractivity contribution is 0.0944. The van der Waals surface area contributed by atoms with E-state index in [-0.39, 0.29) is 5.91 Å². The first-order valence-electron chi connectivity index (χ1n) is 8.42. The third kappa shape index (κ3) is 2.23. The number of fused-ring (bicyclic) bond motifs is 5. The van der Waals surface area contributed by atoms with Crippen LogP contribution in [-0.2, 0) is 0 Å². The maximum Gasteiger partial charge on any atom is 0.251 e. The van der Waals surface area contributed by atoms with Crippen LogP contribution in [0.1, 0.15) is 43.0 Å². The van der Waals surface area contributed by atoms with Crippen molar-refractivity contribution in [2.75, 3.05) is 11.9 Å². The van der Waals surface area contributed by atoms with Gasteiger partial charge in [0, 0.05) is 23.8 Å². The molecule has 0 heterocycles. The van der Waals surface area contributed by atoms with Gasteiger partial charge in [0.25, 0.3) is 5.91 Å². The van der Waals surface area contributed by atoms with Crippen molar-refractivity contribution in [1.82, 2.24) is 5.32 Å². The van der Waals surface area contributed by atoms with E-state index in [9.17, 15) is 4.79 Å². The molecular formula is C18H24N2O. The third-order valence-corrected chi connectivity index (χ3v) is 5.76. The molecule has 2 bridgehead atoms. The van der Waals surface area contributed by atoms with Crippen molar-refractivity contribution in [2.45, 2.75) is 38.6 Å². The van der Waals surface area contributed by atoms with Gasteiger partial charge in [-0.25, -0.2) is 0 Å². The highest BCUT2D eigenvalue weighted by Crippen LogP contribution is 2.65. The Kier molecular flexibility index (Phi) is 3.16. The van der Waals surface area contributed by atoms with Gasteiger partial charge in [0.1, 0.15) is 0 Å². The van der Waals surface area contributed by atoms with Crippen LogP contribution >= 0.6 is 0 Å². The maximum atomic E-state index is 12.4. The zero-order valence-corrected chi connectivity index (χ0v) is 12.6. The number of nitrogens with one attached hydrogen (secondary N) is 2. The van der Waals surface area contributed by atoms with E-state index in [1.54, 1.807) is 0 Å². The number of anilines is 1. The van der Waals surface area contributed by atoms with Crippen molar-refractivity contribution in [3.63, 3.8) is 0 Å². The van der Waals surface area contributed by atoms with Crippen LogP contribution in [0.5, 0.6) is 0 Å². The van der Waals surface area contributed by atoms with Crippen LogP contribution in [0.4, 0.5) is 5.69 Å². The second-order valence-electron chi connectivity index (χ2n) is 6.99. The molecule has 0 aliphatic heterocycles. The average molecular weight is 284 g/mol. The highest BCUT2D eigenvalue weighted by molar-refractivity contribution is 5.95. The van der Waals surface area contributed by atoms with Gasteiger partial charge in [0.15, 0.2) is 0 Å². The van der Waals surface area contributed by atoms with Gasteiger partial charge in [-0.3, -0.25) is 4.79 Å². The average Bonchev–Trinajstić information content (AvgIpc) is 2.90. The molecule has 3 heteroatoms. The Labute approximate surface area is 126 Å². The van der Waals surface area contributed by atoms with Gasteiger partial charge in [-0.15, -0.1) is 0 Å². The fourth-order valence-electron chi connectivity index (χ4n) is 4.76. The van der Waals surface area contributed by atoms with Crippen molar-refractivity contribution < 1.29 is 4.79 Å². The highest BCUT2D eigenvalue weighted by atomic mass is 16.1. The summed E-state index contributed by atoms with van der Waals surface area (Å²) in [6.45, 7) is 3.12. The summed E-state index contributed by atoms with van der Waals surface area (Å²) in [7, 11) is 0. The molecular weight excluding hydrogens is 260 g/mol. The predicted octanol–water partition coefficient (Wildman–Crippen LogP) is 3.28. The number of benzene rings is 1. The van der Waals surface area contributed by atoms with Crippen molar-refractivity contribution in [1.29, 1.82) is 0 Å². The molecule has 4 unspecified atom stereocenters. The quantitative estimate of drug-likeness (QED) is 0.871. The minimum absolute atomic E-state index is 0.107. The first-order valence-corrected chi connectivity index (χ1v) is 8.42. The number of carbonyl (C=O) groups is 1. The van der Waals surface area contributed by atoms with E-state index in [1.807, 2.05) is 24.3 Å². The van der Waals surface area contributed by atoms with E-state index in [1.165, 1.54) is 19.3 Å². The molecule has 112 valence electrons. The largest absolute Gasteiger partial charge is 0.385 e. The summed E-state index contributed by atoms with van der Waals surface area (Å²) in [5.41, 5.74) is 1.88. The van der Waals surface area contributed by atoms with Crippen LogP contribution in [0.3, 0.4) is 0 Å². The summed E-state index contributed by atoms with van der Waals surface area (Å²) in [5, 5.41) is 6.61. The molecule has 1 aromatic carbocycles. The minimum Gasteiger partial charge on any atom is -0.385 e. The summed E-state index contributed by atoms with van der Waals surface area (Å²) in [4.78, 5) is 12.4. The zero-order valence-electron chi connectivity index (χ0n) is 12.6. The molecule has 0 spiro atoms. The fourth-order valence-corrected chi connectivity index (χ4v) is 4.76. The van der Waals surface area contributed by atoms with E-state index in [0.29, 0.717) is 6.04 Å². The molecule has 0 saturated heterocycles. The van der Waals surface area contributed by atoms with Gasteiger partial charge < -0.3 is 10.6 Å². The fraction of sp³-hybridized carbons (Fsp3) is 0.611. The molecule has 4 atom stereocenters. The monoisotopic (exact) mass is 284 g/mol. The van der Waals surface area contributed by atoms with Crippen LogP contribution in [-0.4, -0.2) is 18.5 Å². The van der Waals surface area contributed by atoms with Gasteiger partial charge in [-0.05, 0) is 73.6 Å². The van der Waals surface area contributed by atoms with Gasteiger partial charge in [-0.1, -0.05) is 6.92 Å². The van der Waals surface area contributed by atoms with Gasteiger partial charge in [0.05, 0.1) is 0 Å². The Morgan fingerprint density at radius 3 is 2.43 bits per heavy atom. The molecule has 3 nitrogen and oxygen atoms in total. The predicted molar refractivity (Wildman–Crippen MR) is 84.3 cm³/mol. The summed E-state index contributed by atoms with van der Waals surface area (Å²) >= 11 is 0. The lowest BCUT2D eigenvalue weighted by Gasteiger charge is -2.11. The van der Waals surface area contributed by atoms with Crippen LogP contribution in [0.2, 0.25) is 0 Å². The molecule has 3 aliphatic rings. The van der Waals surface area contributed by atoms with Gasteiger partial charge in [0.2, 0.25) is 0 Å². The van der Waals surface area contributed by atoms with E-state index in [4.69, 9.17) is 0 Å². The summed E-state index contributed by atoms with van der Waals surface area (Å²) in [6.07, 6.45) is 5.33. The number of hydrogen-bond donors (Lipinski definition) is 2. The van der Waals surface area contributed by atoms with E-state index in [2.05, 4.69) is 17.6 Å². The minimum atomic E-state index is 0.107. The van der Waals surface area contributed by atoms with Crippen LogP contribution in [0.25, 0.3) is 0 Å². The van der Waals surface area contributed by atoms with E-state index >= 15 is 0 Å². The third-order valence-electron chi connectivity index (χ3n) is 5.76. The smallest absolute Gasteiger partial charge is 0.251 e. The summed E-state index contributed by atoms with van der Waals surface area (Å²) in [6, 6.07) is 8.34. The Hall–Kier alpha value is -1.51. The SMILES string of the molecule is CCCNc1ccc(C(=O)NC2C3C4CCC(C4)C23)cc1. The lowest BCUT2D eigenvalue weighted by Crippen LogP contribution is -2.29. The first-order chi connectivity index (χ1) is 10.3. The number of rotatable bonds is 5. The van der Waals surface area contributed by atoms with Crippen molar-refractivity contribution in [3.8, 4) is 0 Å². The zero-order chi connectivity index (χ0) is 14.4. The Balaban J connectivity index is 1.35. The summed E-state index contributed by atoms with van der Waals surface area (Å²) in [5.74, 6) is 3.53. The molecule has 3 aliphatic carbocycles.